The van der Waals surface area contributed by atoms with Crippen LogP contribution in [0, 0.1) is 6.92 Å². The van der Waals surface area contributed by atoms with Gasteiger partial charge in [-0.15, -0.1) is 24.5 Å². The molecule has 0 aliphatic heterocycles. The number of aliphatic hydroxyl groups is 1. The number of hydrogen-bond acceptors (Lipinski definition) is 3. The van der Waals surface area contributed by atoms with Gasteiger partial charge in [0.1, 0.15) is 11.4 Å². The van der Waals surface area contributed by atoms with Crippen LogP contribution in [0.3, 0.4) is 0 Å². The van der Waals surface area contributed by atoms with Gasteiger partial charge in [-0.2, -0.15) is 0 Å². The summed E-state index contributed by atoms with van der Waals surface area (Å²) >= 11 is 1.36. The van der Waals surface area contributed by atoms with Crippen LogP contribution in [0.4, 0.5) is 13.2 Å². The van der Waals surface area contributed by atoms with E-state index in [1.54, 1.807) is 13.0 Å². The minimum Gasteiger partial charge on any atom is -0.406 e. The van der Waals surface area contributed by atoms with Crippen LogP contribution in [0.15, 0.2) is 35.7 Å². The Morgan fingerprint density at radius 1 is 1.20 bits per heavy atom. The van der Waals surface area contributed by atoms with Crippen molar-refractivity contribution in [2.45, 2.75) is 25.8 Å². The average Bonchev–Trinajstić information content (AvgIpc) is 2.74. The maximum absolute atomic E-state index is 12.2. The first-order chi connectivity index (χ1) is 9.20. The topological polar surface area (TPSA) is 29.5 Å². The minimum absolute atomic E-state index is 0.343. The van der Waals surface area contributed by atoms with Gasteiger partial charge >= 0.3 is 6.36 Å². The molecule has 0 bridgehead atoms. The fourth-order valence-corrected chi connectivity index (χ4v) is 3.01. The van der Waals surface area contributed by atoms with E-state index in [0.717, 1.165) is 5.56 Å². The lowest BCUT2D eigenvalue weighted by atomic mass is 9.92. The molecule has 2 rings (SSSR count). The van der Waals surface area contributed by atoms with Gasteiger partial charge in [0.05, 0.1) is 0 Å². The maximum atomic E-state index is 12.2. The molecular formula is C14H13F3O2S. The molecule has 1 atom stereocenters. The second-order valence-electron chi connectivity index (χ2n) is 4.58. The Balaban J connectivity index is 2.38. The summed E-state index contributed by atoms with van der Waals surface area (Å²) < 4.78 is 40.6. The summed E-state index contributed by atoms with van der Waals surface area (Å²) in [7, 11) is 0. The molecule has 1 N–H and O–H groups in total. The molecule has 1 aromatic carbocycles. The first kappa shape index (κ1) is 14.9. The first-order valence-corrected chi connectivity index (χ1v) is 6.71. The van der Waals surface area contributed by atoms with Gasteiger partial charge in [-0.3, -0.25) is 0 Å². The van der Waals surface area contributed by atoms with Gasteiger partial charge in [0.15, 0.2) is 0 Å². The molecule has 1 heterocycles. The van der Waals surface area contributed by atoms with Crippen molar-refractivity contribution in [3.8, 4) is 5.75 Å². The van der Waals surface area contributed by atoms with Crippen LogP contribution in [0.25, 0.3) is 0 Å². The van der Waals surface area contributed by atoms with E-state index in [2.05, 4.69) is 4.74 Å². The van der Waals surface area contributed by atoms with Crippen LogP contribution in [-0.2, 0) is 5.60 Å². The Hall–Kier alpha value is -1.53. The van der Waals surface area contributed by atoms with Gasteiger partial charge in [-0.25, -0.2) is 0 Å². The van der Waals surface area contributed by atoms with Crippen molar-refractivity contribution in [1.29, 1.82) is 0 Å². The van der Waals surface area contributed by atoms with Crippen LogP contribution in [0.5, 0.6) is 5.75 Å². The van der Waals surface area contributed by atoms with Crippen LogP contribution >= 0.6 is 11.3 Å². The number of alkyl halides is 3. The van der Waals surface area contributed by atoms with Crippen molar-refractivity contribution in [1.82, 2.24) is 0 Å². The summed E-state index contributed by atoms with van der Waals surface area (Å²) in [6, 6.07) is 7.25. The molecule has 0 radical (unpaired) electrons. The molecule has 0 saturated carbocycles. The largest absolute Gasteiger partial charge is 0.573 e. The molecule has 2 aromatic rings. The fraction of sp³-hybridized carbons (Fsp3) is 0.286. The third-order valence-corrected chi connectivity index (χ3v) is 4.16. The quantitative estimate of drug-likeness (QED) is 0.920. The number of ether oxygens (including phenoxy) is 1. The molecule has 1 unspecified atom stereocenters. The van der Waals surface area contributed by atoms with E-state index in [0.29, 0.717) is 10.4 Å². The molecule has 6 heteroatoms. The lowest BCUT2D eigenvalue weighted by molar-refractivity contribution is -0.274. The molecule has 0 aliphatic carbocycles. The monoisotopic (exact) mass is 302 g/mol. The van der Waals surface area contributed by atoms with E-state index in [4.69, 9.17) is 0 Å². The lowest BCUT2D eigenvalue weighted by Gasteiger charge is -2.24. The molecule has 2 nitrogen and oxygen atoms in total. The van der Waals surface area contributed by atoms with E-state index in [1.165, 1.54) is 29.5 Å². The van der Waals surface area contributed by atoms with Crippen molar-refractivity contribution >= 4 is 11.3 Å². The number of aryl methyl sites for hydroxylation is 1. The molecular weight excluding hydrogens is 289 g/mol. The standard InChI is InChI=1S/C14H13F3O2S/c1-9-6-7-20-12(9)13(2,18)10-4-3-5-11(8-10)19-14(15,16)17/h3-8,18H,1-2H3. The smallest absolute Gasteiger partial charge is 0.406 e. The molecule has 0 fully saturated rings. The minimum atomic E-state index is -4.75. The average molecular weight is 302 g/mol. The van der Waals surface area contributed by atoms with Crippen LogP contribution < -0.4 is 4.74 Å². The first-order valence-electron chi connectivity index (χ1n) is 5.83. The Labute approximate surface area is 118 Å². The zero-order valence-corrected chi connectivity index (χ0v) is 11.7. The Morgan fingerprint density at radius 2 is 1.90 bits per heavy atom. The highest BCUT2D eigenvalue weighted by Crippen LogP contribution is 2.36. The molecule has 108 valence electrons. The van der Waals surface area contributed by atoms with Gasteiger partial charge in [0.2, 0.25) is 0 Å². The third kappa shape index (κ3) is 3.13. The number of halogens is 3. The zero-order chi connectivity index (χ0) is 15.0. The van der Waals surface area contributed by atoms with Gasteiger partial charge < -0.3 is 9.84 Å². The maximum Gasteiger partial charge on any atom is 0.573 e. The van der Waals surface area contributed by atoms with Crippen LogP contribution in [0.2, 0.25) is 0 Å². The van der Waals surface area contributed by atoms with Crippen LogP contribution in [-0.4, -0.2) is 11.5 Å². The SMILES string of the molecule is Cc1ccsc1C(C)(O)c1cccc(OC(F)(F)F)c1. The van der Waals surface area contributed by atoms with Gasteiger partial charge in [-0.1, -0.05) is 12.1 Å². The Morgan fingerprint density at radius 3 is 2.45 bits per heavy atom. The summed E-state index contributed by atoms with van der Waals surface area (Å²) in [5.74, 6) is -0.343. The van der Waals surface area contributed by atoms with E-state index in [1.807, 2.05) is 18.4 Å². The van der Waals surface area contributed by atoms with Gasteiger partial charge in [0, 0.05) is 4.88 Å². The summed E-state index contributed by atoms with van der Waals surface area (Å²) in [6.45, 7) is 3.40. The van der Waals surface area contributed by atoms with E-state index < -0.39 is 12.0 Å². The number of hydrogen-bond donors (Lipinski definition) is 1. The normalized spacial score (nSPS) is 14.9. The lowest BCUT2D eigenvalue weighted by Crippen LogP contribution is -2.23. The highest BCUT2D eigenvalue weighted by Gasteiger charge is 2.33. The molecule has 0 amide bonds. The van der Waals surface area contributed by atoms with E-state index >= 15 is 0 Å². The van der Waals surface area contributed by atoms with E-state index in [-0.39, 0.29) is 5.75 Å². The van der Waals surface area contributed by atoms with Gasteiger partial charge in [0.25, 0.3) is 0 Å². The van der Waals surface area contributed by atoms with Crippen molar-refractivity contribution in [2.75, 3.05) is 0 Å². The fourth-order valence-electron chi connectivity index (χ4n) is 2.00. The number of thiophene rings is 1. The predicted molar refractivity (Wildman–Crippen MR) is 70.9 cm³/mol. The molecule has 0 aliphatic rings. The van der Waals surface area contributed by atoms with Crippen molar-refractivity contribution < 1.29 is 23.0 Å². The van der Waals surface area contributed by atoms with Crippen molar-refractivity contribution in [2.24, 2.45) is 0 Å². The highest BCUT2D eigenvalue weighted by molar-refractivity contribution is 7.10. The summed E-state index contributed by atoms with van der Waals surface area (Å²) in [5.41, 5.74) is -0.115. The molecule has 0 spiro atoms. The molecule has 0 saturated heterocycles. The molecule has 20 heavy (non-hydrogen) atoms. The predicted octanol–water partition coefficient (Wildman–Crippen LogP) is 4.21. The Bertz CT molecular complexity index is 602. The summed E-state index contributed by atoms with van der Waals surface area (Å²) in [5, 5.41) is 12.5. The van der Waals surface area contributed by atoms with Crippen molar-refractivity contribution in [3.05, 3.63) is 51.7 Å². The summed E-state index contributed by atoms with van der Waals surface area (Å²) in [6.07, 6.45) is -4.75. The van der Waals surface area contributed by atoms with Gasteiger partial charge in [-0.05, 0) is 48.6 Å². The molecule has 1 aromatic heterocycles. The second-order valence-corrected chi connectivity index (χ2v) is 5.50. The van der Waals surface area contributed by atoms with E-state index in [9.17, 15) is 18.3 Å². The summed E-state index contributed by atoms with van der Waals surface area (Å²) in [4.78, 5) is 0.696. The second kappa shape index (κ2) is 5.10. The zero-order valence-electron chi connectivity index (χ0n) is 10.9. The third-order valence-electron chi connectivity index (χ3n) is 2.93. The Kier molecular flexibility index (Phi) is 3.80. The van der Waals surface area contributed by atoms with Crippen molar-refractivity contribution in [3.63, 3.8) is 0 Å². The number of rotatable bonds is 3. The number of benzene rings is 1. The van der Waals surface area contributed by atoms with Crippen LogP contribution in [0.1, 0.15) is 22.9 Å². The highest BCUT2D eigenvalue weighted by atomic mass is 32.1.